The van der Waals surface area contributed by atoms with Gasteiger partial charge in [-0.05, 0) is 44.4 Å². The van der Waals surface area contributed by atoms with E-state index in [1.54, 1.807) is 7.11 Å². The Morgan fingerprint density at radius 1 is 1.42 bits per heavy atom. The van der Waals surface area contributed by atoms with Crippen LogP contribution in [0.25, 0.3) is 0 Å². The van der Waals surface area contributed by atoms with Gasteiger partial charge in [-0.2, -0.15) is 0 Å². The van der Waals surface area contributed by atoms with E-state index in [4.69, 9.17) is 9.47 Å². The zero-order valence-electron chi connectivity index (χ0n) is 15.6. The van der Waals surface area contributed by atoms with Crippen molar-refractivity contribution >= 4 is 11.6 Å². The first kappa shape index (κ1) is 16.3. The van der Waals surface area contributed by atoms with Crippen molar-refractivity contribution in [1.82, 2.24) is 4.90 Å². The second-order valence-electron chi connectivity index (χ2n) is 8.22. The molecule has 1 amide bonds. The minimum absolute atomic E-state index is 0.0650. The minimum Gasteiger partial charge on any atom is -0.497 e. The highest BCUT2D eigenvalue weighted by Gasteiger charge is 2.61. The summed E-state index contributed by atoms with van der Waals surface area (Å²) in [5.41, 5.74) is 2.88. The standard InChI is InChI=1S/C21H26N2O3/c1-4-12-10-23(2)18-9-21(19-8-14(12)15(18)11-26-19)16-6-5-13(25-3)7-17(16)22-20(21)24/h4-7,14-15,18-19H,8-11H2,1-3H3,(H,22,24)/b12-4+/t14-,15?,18-,19-,21-/m0/s1. The lowest BCUT2D eigenvalue weighted by atomic mass is 9.72. The average Bonchev–Trinajstić information content (AvgIpc) is 2.78. The van der Waals surface area contributed by atoms with Gasteiger partial charge in [0.2, 0.25) is 5.91 Å². The molecule has 1 unspecified atom stereocenters. The van der Waals surface area contributed by atoms with Crippen molar-refractivity contribution in [1.29, 1.82) is 0 Å². The number of carbonyl (C=O) groups excluding carboxylic acids is 1. The predicted octanol–water partition coefficient (Wildman–Crippen LogP) is 2.57. The largest absolute Gasteiger partial charge is 0.497 e. The molecule has 1 aromatic rings. The second-order valence-corrected chi connectivity index (χ2v) is 8.22. The molecule has 1 aliphatic carbocycles. The Bertz CT molecular complexity index is 804. The predicted molar refractivity (Wildman–Crippen MR) is 99.4 cm³/mol. The topological polar surface area (TPSA) is 50.8 Å². The van der Waals surface area contributed by atoms with Gasteiger partial charge in [0, 0.05) is 30.3 Å². The molecule has 4 aliphatic heterocycles. The maximum Gasteiger partial charge on any atom is 0.237 e. The van der Waals surface area contributed by atoms with Crippen LogP contribution in [0.4, 0.5) is 5.69 Å². The maximum atomic E-state index is 13.3. The number of rotatable bonds is 1. The first-order valence-electron chi connectivity index (χ1n) is 9.55. The van der Waals surface area contributed by atoms with E-state index in [2.05, 4.69) is 36.3 Å². The number of allylic oxidation sites excluding steroid dienone is 1. The third kappa shape index (κ3) is 1.96. The van der Waals surface area contributed by atoms with Gasteiger partial charge in [0.15, 0.2) is 0 Å². The van der Waals surface area contributed by atoms with Crippen LogP contribution in [0, 0.1) is 11.8 Å². The molecule has 5 aliphatic rings. The summed E-state index contributed by atoms with van der Waals surface area (Å²) < 4.78 is 11.7. The van der Waals surface area contributed by atoms with E-state index in [1.807, 2.05) is 12.1 Å². The highest BCUT2D eigenvalue weighted by Crippen LogP contribution is 2.56. The second kappa shape index (κ2) is 5.57. The van der Waals surface area contributed by atoms with Gasteiger partial charge in [-0.1, -0.05) is 17.7 Å². The number of benzene rings is 1. The van der Waals surface area contributed by atoms with Crippen LogP contribution >= 0.6 is 0 Å². The monoisotopic (exact) mass is 354 g/mol. The molecule has 5 nitrogen and oxygen atoms in total. The lowest BCUT2D eigenvalue weighted by Crippen LogP contribution is -2.50. The van der Waals surface area contributed by atoms with Crippen LogP contribution in [-0.2, 0) is 14.9 Å². The van der Waals surface area contributed by atoms with E-state index < -0.39 is 5.41 Å². The number of hydrogen-bond acceptors (Lipinski definition) is 4. The SMILES string of the molecule is C/C=C1\CN(C)[C@H]2C[C@@]3(C(=O)Nc4cc(OC)ccc43)[C@@H]3C[C@@H]1C2CO3. The number of nitrogens with one attached hydrogen (secondary N) is 1. The van der Waals surface area contributed by atoms with Gasteiger partial charge in [0.05, 0.1) is 19.8 Å². The molecule has 3 saturated heterocycles. The first-order chi connectivity index (χ1) is 12.6. The molecular weight excluding hydrogens is 328 g/mol. The van der Waals surface area contributed by atoms with Crippen molar-refractivity contribution in [3.63, 3.8) is 0 Å². The fraction of sp³-hybridized carbons (Fsp3) is 0.571. The summed E-state index contributed by atoms with van der Waals surface area (Å²) in [5.74, 6) is 1.88. The van der Waals surface area contributed by atoms with E-state index in [1.165, 1.54) is 5.57 Å². The van der Waals surface area contributed by atoms with Gasteiger partial charge in [0.1, 0.15) is 11.2 Å². The summed E-state index contributed by atoms with van der Waals surface area (Å²) in [6, 6.07) is 6.34. The van der Waals surface area contributed by atoms with Gasteiger partial charge in [-0.3, -0.25) is 9.69 Å². The van der Waals surface area contributed by atoms with Crippen LogP contribution in [0.2, 0.25) is 0 Å². The summed E-state index contributed by atoms with van der Waals surface area (Å²) >= 11 is 0. The molecule has 4 bridgehead atoms. The van der Waals surface area contributed by atoms with Crippen LogP contribution in [-0.4, -0.2) is 50.3 Å². The number of methoxy groups -OCH3 is 1. The number of hydrogen-bond donors (Lipinski definition) is 1. The molecule has 138 valence electrons. The molecule has 0 aromatic heterocycles. The van der Waals surface area contributed by atoms with Gasteiger partial charge in [-0.15, -0.1) is 0 Å². The summed E-state index contributed by atoms with van der Waals surface area (Å²) in [5, 5.41) is 3.13. The normalized spacial score (nSPS) is 39.8. The number of piperidine rings is 1. The first-order valence-corrected chi connectivity index (χ1v) is 9.55. The number of nitrogens with zero attached hydrogens (tertiary/aromatic N) is 1. The van der Waals surface area contributed by atoms with Crippen molar-refractivity contribution in [2.45, 2.75) is 37.3 Å². The number of anilines is 1. The van der Waals surface area contributed by atoms with E-state index in [-0.39, 0.29) is 12.0 Å². The third-order valence-corrected chi connectivity index (χ3v) is 7.26. The van der Waals surface area contributed by atoms with Crippen LogP contribution in [0.5, 0.6) is 5.75 Å². The number of amides is 1. The smallest absolute Gasteiger partial charge is 0.237 e. The van der Waals surface area contributed by atoms with Gasteiger partial charge in [-0.25, -0.2) is 0 Å². The van der Waals surface area contributed by atoms with Crippen LogP contribution < -0.4 is 10.1 Å². The van der Waals surface area contributed by atoms with Crippen LogP contribution in [0.3, 0.4) is 0 Å². The quantitative estimate of drug-likeness (QED) is 0.788. The number of ether oxygens (including phenoxy) is 2. The highest BCUT2D eigenvalue weighted by atomic mass is 16.5. The maximum absolute atomic E-state index is 13.3. The van der Waals surface area contributed by atoms with E-state index in [0.717, 1.165) is 43.0 Å². The lowest BCUT2D eigenvalue weighted by molar-refractivity contribution is -0.129. The van der Waals surface area contributed by atoms with Gasteiger partial charge >= 0.3 is 0 Å². The van der Waals surface area contributed by atoms with Crippen molar-refractivity contribution in [3.05, 3.63) is 35.4 Å². The summed E-state index contributed by atoms with van der Waals surface area (Å²) in [6.45, 7) is 3.90. The summed E-state index contributed by atoms with van der Waals surface area (Å²) in [4.78, 5) is 15.8. The van der Waals surface area contributed by atoms with E-state index >= 15 is 0 Å². The number of likely N-dealkylation sites (tertiary alicyclic amines) is 1. The number of carbonyl (C=O) groups is 1. The molecule has 1 aromatic carbocycles. The molecule has 5 heteroatoms. The highest BCUT2D eigenvalue weighted by molar-refractivity contribution is 6.07. The summed E-state index contributed by atoms with van der Waals surface area (Å²) in [6.07, 6.45) is 3.98. The third-order valence-electron chi connectivity index (χ3n) is 7.26. The van der Waals surface area contributed by atoms with Crippen LogP contribution in [0.1, 0.15) is 25.3 Å². The lowest BCUT2D eigenvalue weighted by Gasteiger charge is -2.46. The molecule has 26 heavy (non-hydrogen) atoms. The molecule has 4 fully saturated rings. The average molecular weight is 354 g/mol. The van der Waals surface area contributed by atoms with Gasteiger partial charge < -0.3 is 14.8 Å². The minimum atomic E-state index is -0.590. The Labute approximate surface area is 154 Å². The molecule has 1 N–H and O–H groups in total. The molecule has 1 saturated carbocycles. The molecule has 4 heterocycles. The number of likely N-dealkylation sites (N-methyl/N-ethyl adjacent to an activating group) is 1. The molecule has 1 spiro atoms. The zero-order valence-corrected chi connectivity index (χ0v) is 15.6. The van der Waals surface area contributed by atoms with Crippen molar-refractivity contribution in [2.24, 2.45) is 11.8 Å². The van der Waals surface area contributed by atoms with E-state index in [9.17, 15) is 4.79 Å². The number of fused-ring (bicyclic) bond motifs is 2. The fourth-order valence-electron chi connectivity index (χ4n) is 5.91. The van der Waals surface area contributed by atoms with E-state index in [0.29, 0.717) is 17.9 Å². The van der Waals surface area contributed by atoms with Crippen molar-refractivity contribution in [3.8, 4) is 5.75 Å². The summed E-state index contributed by atoms with van der Waals surface area (Å²) in [7, 11) is 3.85. The Morgan fingerprint density at radius 2 is 2.27 bits per heavy atom. The Hall–Kier alpha value is -1.85. The molecular formula is C21H26N2O3. The molecule has 5 atom stereocenters. The molecule has 6 rings (SSSR count). The Morgan fingerprint density at radius 3 is 3.04 bits per heavy atom. The van der Waals surface area contributed by atoms with Crippen LogP contribution in [0.15, 0.2) is 29.8 Å². The molecule has 0 radical (unpaired) electrons. The van der Waals surface area contributed by atoms with Crippen molar-refractivity contribution in [2.75, 3.05) is 32.6 Å². The zero-order chi connectivity index (χ0) is 18.1. The fourth-order valence-corrected chi connectivity index (χ4v) is 5.91. The Balaban J connectivity index is 1.66. The van der Waals surface area contributed by atoms with Crippen molar-refractivity contribution < 1.29 is 14.3 Å². The van der Waals surface area contributed by atoms with Gasteiger partial charge in [0.25, 0.3) is 0 Å². The Kier molecular flexibility index (Phi) is 3.50.